The number of β-amino-alcohol motifs (C(OH)–C–C–N with tert-alkyl or cyclic N) is 1. The van der Waals surface area contributed by atoms with E-state index in [9.17, 15) is 15.3 Å². The van der Waals surface area contributed by atoms with Crippen LogP contribution in [0, 0.1) is 0 Å². The highest BCUT2D eigenvalue weighted by Crippen LogP contribution is 2.38. The molecule has 14 heavy (non-hydrogen) atoms. The van der Waals surface area contributed by atoms with E-state index in [1.165, 1.54) is 6.07 Å². The van der Waals surface area contributed by atoms with E-state index in [1.54, 1.807) is 12.1 Å². The molecule has 2 rings (SSSR count). The first-order valence-corrected chi connectivity index (χ1v) is 4.58. The number of phenolic OH excluding ortho intramolecular Hbond substituents is 2. The molecule has 1 aromatic rings. The first-order chi connectivity index (χ1) is 6.63. The maximum absolute atomic E-state index is 10.1. The number of phenols is 2. The lowest BCUT2D eigenvalue weighted by atomic mass is 9.92. The fourth-order valence-electron chi connectivity index (χ4n) is 1.82. The monoisotopic (exact) mass is 195 g/mol. The minimum atomic E-state index is -1.05. The minimum Gasteiger partial charge on any atom is -0.504 e. The highest BCUT2D eigenvalue weighted by molar-refractivity contribution is 5.47. The Morgan fingerprint density at radius 3 is 2.71 bits per heavy atom. The van der Waals surface area contributed by atoms with Crippen molar-refractivity contribution in [3.63, 3.8) is 0 Å². The van der Waals surface area contributed by atoms with E-state index in [2.05, 4.69) is 5.32 Å². The molecule has 0 saturated carbocycles. The number of benzene rings is 1. The summed E-state index contributed by atoms with van der Waals surface area (Å²) >= 11 is 0. The Kier molecular flexibility index (Phi) is 2.09. The number of rotatable bonds is 1. The third-order valence-corrected chi connectivity index (χ3v) is 2.65. The van der Waals surface area contributed by atoms with Crippen LogP contribution in [0.3, 0.4) is 0 Å². The molecule has 1 fully saturated rings. The molecule has 4 nitrogen and oxygen atoms in total. The number of nitrogens with one attached hydrogen (secondary N) is 1. The van der Waals surface area contributed by atoms with E-state index < -0.39 is 5.60 Å². The summed E-state index contributed by atoms with van der Waals surface area (Å²) in [5, 5.41) is 32.0. The SMILES string of the molecule is Oc1cccc(C2(O)CCNC2)c1O. The summed E-state index contributed by atoms with van der Waals surface area (Å²) in [6.45, 7) is 1.12. The van der Waals surface area contributed by atoms with Crippen molar-refractivity contribution in [2.24, 2.45) is 0 Å². The summed E-state index contributed by atoms with van der Waals surface area (Å²) in [7, 11) is 0. The van der Waals surface area contributed by atoms with E-state index in [0.29, 0.717) is 25.1 Å². The fourth-order valence-corrected chi connectivity index (χ4v) is 1.82. The zero-order chi connectivity index (χ0) is 10.2. The molecule has 76 valence electrons. The Balaban J connectivity index is 2.45. The second-order valence-electron chi connectivity index (χ2n) is 3.63. The second-order valence-corrected chi connectivity index (χ2v) is 3.63. The first-order valence-electron chi connectivity index (χ1n) is 4.58. The Morgan fingerprint density at radius 2 is 2.07 bits per heavy atom. The van der Waals surface area contributed by atoms with Gasteiger partial charge in [-0.1, -0.05) is 12.1 Å². The van der Waals surface area contributed by atoms with Gasteiger partial charge in [0.1, 0.15) is 5.60 Å². The third kappa shape index (κ3) is 1.32. The van der Waals surface area contributed by atoms with Gasteiger partial charge < -0.3 is 20.6 Å². The molecule has 1 heterocycles. The number of aromatic hydroxyl groups is 2. The van der Waals surface area contributed by atoms with Crippen molar-refractivity contribution < 1.29 is 15.3 Å². The van der Waals surface area contributed by atoms with Crippen LogP contribution < -0.4 is 5.32 Å². The van der Waals surface area contributed by atoms with Gasteiger partial charge in [-0.15, -0.1) is 0 Å². The van der Waals surface area contributed by atoms with Crippen molar-refractivity contribution in [3.05, 3.63) is 23.8 Å². The van der Waals surface area contributed by atoms with Gasteiger partial charge in [-0.25, -0.2) is 0 Å². The van der Waals surface area contributed by atoms with Gasteiger partial charge in [-0.05, 0) is 19.0 Å². The lowest BCUT2D eigenvalue weighted by Crippen LogP contribution is -2.28. The van der Waals surface area contributed by atoms with Crippen LogP contribution in [0.25, 0.3) is 0 Å². The second kappa shape index (κ2) is 3.15. The Labute approximate surface area is 81.8 Å². The van der Waals surface area contributed by atoms with Crippen LogP contribution in [0.1, 0.15) is 12.0 Å². The number of para-hydroxylation sites is 1. The Hall–Kier alpha value is -1.26. The van der Waals surface area contributed by atoms with Crippen molar-refractivity contribution in [3.8, 4) is 11.5 Å². The van der Waals surface area contributed by atoms with E-state index in [-0.39, 0.29) is 11.5 Å². The number of hydrogen-bond donors (Lipinski definition) is 4. The summed E-state index contributed by atoms with van der Waals surface area (Å²) in [5.41, 5.74) is -0.662. The normalized spacial score (nSPS) is 26.6. The van der Waals surface area contributed by atoms with E-state index >= 15 is 0 Å². The average Bonchev–Trinajstić information content (AvgIpc) is 2.58. The summed E-state index contributed by atoms with van der Waals surface area (Å²) in [6.07, 6.45) is 0.546. The van der Waals surface area contributed by atoms with Crippen LogP contribution in [0.4, 0.5) is 0 Å². The number of aliphatic hydroxyl groups is 1. The van der Waals surface area contributed by atoms with Gasteiger partial charge in [0.15, 0.2) is 11.5 Å². The summed E-state index contributed by atoms with van der Waals surface area (Å²) < 4.78 is 0. The molecule has 1 saturated heterocycles. The first kappa shape index (κ1) is 9.30. The average molecular weight is 195 g/mol. The van der Waals surface area contributed by atoms with Gasteiger partial charge in [-0.2, -0.15) is 0 Å². The lowest BCUT2D eigenvalue weighted by Gasteiger charge is -2.22. The Morgan fingerprint density at radius 1 is 1.29 bits per heavy atom. The van der Waals surface area contributed by atoms with Crippen LogP contribution in [0.15, 0.2) is 18.2 Å². The van der Waals surface area contributed by atoms with Gasteiger partial charge in [0.25, 0.3) is 0 Å². The molecule has 0 amide bonds. The summed E-state index contributed by atoms with van der Waals surface area (Å²) in [4.78, 5) is 0. The topological polar surface area (TPSA) is 72.7 Å². The molecule has 1 unspecified atom stereocenters. The van der Waals surface area contributed by atoms with Gasteiger partial charge in [0.2, 0.25) is 0 Å². The minimum absolute atomic E-state index is 0.192. The molecule has 0 aliphatic carbocycles. The molecule has 1 aliphatic rings. The van der Waals surface area contributed by atoms with Crippen molar-refractivity contribution in [1.29, 1.82) is 0 Å². The molecule has 0 radical (unpaired) electrons. The van der Waals surface area contributed by atoms with Crippen LogP contribution in [0.2, 0.25) is 0 Å². The van der Waals surface area contributed by atoms with Gasteiger partial charge in [0.05, 0.1) is 0 Å². The fraction of sp³-hybridized carbons (Fsp3) is 0.400. The van der Waals surface area contributed by atoms with Crippen LogP contribution in [-0.4, -0.2) is 28.4 Å². The van der Waals surface area contributed by atoms with Crippen molar-refractivity contribution in [2.75, 3.05) is 13.1 Å². The molecule has 4 heteroatoms. The molecule has 1 aliphatic heterocycles. The highest BCUT2D eigenvalue weighted by atomic mass is 16.3. The molecule has 1 atom stereocenters. The van der Waals surface area contributed by atoms with Crippen LogP contribution in [-0.2, 0) is 5.60 Å². The molecule has 4 N–H and O–H groups in total. The number of hydrogen-bond acceptors (Lipinski definition) is 4. The maximum Gasteiger partial charge on any atom is 0.163 e. The highest BCUT2D eigenvalue weighted by Gasteiger charge is 2.35. The quantitative estimate of drug-likeness (QED) is 0.486. The molecule has 0 spiro atoms. The van der Waals surface area contributed by atoms with Crippen LogP contribution >= 0.6 is 0 Å². The molecule has 0 bridgehead atoms. The zero-order valence-corrected chi connectivity index (χ0v) is 7.70. The van der Waals surface area contributed by atoms with Crippen molar-refractivity contribution in [1.82, 2.24) is 5.32 Å². The van der Waals surface area contributed by atoms with E-state index in [1.807, 2.05) is 0 Å². The van der Waals surface area contributed by atoms with E-state index in [0.717, 1.165) is 0 Å². The largest absolute Gasteiger partial charge is 0.504 e. The standard InChI is InChI=1S/C10H13NO3/c12-8-3-1-2-7(9(8)13)10(14)4-5-11-6-10/h1-3,11-14H,4-6H2. The predicted molar refractivity (Wildman–Crippen MR) is 51.2 cm³/mol. The molecular weight excluding hydrogens is 182 g/mol. The summed E-state index contributed by atoms with van der Waals surface area (Å²) in [6, 6.07) is 4.63. The van der Waals surface area contributed by atoms with Gasteiger partial charge in [-0.3, -0.25) is 0 Å². The van der Waals surface area contributed by atoms with Crippen molar-refractivity contribution in [2.45, 2.75) is 12.0 Å². The molecule has 1 aromatic carbocycles. The molecule has 0 aromatic heterocycles. The van der Waals surface area contributed by atoms with E-state index in [4.69, 9.17) is 0 Å². The predicted octanol–water partition coefficient (Wildman–Crippen LogP) is 0.279. The third-order valence-electron chi connectivity index (χ3n) is 2.65. The van der Waals surface area contributed by atoms with Crippen molar-refractivity contribution >= 4 is 0 Å². The van der Waals surface area contributed by atoms with Crippen LogP contribution in [0.5, 0.6) is 11.5 Å². The Bertz CT molecular complexity index is 345. The zero-order valence-electron chi connectivity index (χ0n) is 7.70. The molecular formula is C10H13NO3. The maximum atomic E-state index is 10.1. The summed E-state index contributed by atoms with van der Waals surface area (Å²) in [5.74, 6) is -0.415. The smallest absolute Gasteiger partial charge is 0.163 e. The van der Waals surface area contributed by atoms with Gasteiger partial charge >= 0.3 is 0 Å². The van der Waals surface area contributed by atoms with Gasteiger partial charge in [0, 0.05) is 12.1 Å². The lowest BCUT2D eigenvalue weighted by molar-refractivity contribution is 0.0558.